The Bertz CT molecular complexity index is 1030. The first-order valence-electron chi connectivity index (χ1n) is 13.1. The number of hydrogen-bond acceptors (Lipinski definition) is 8. The number of carbonyl (C=O) groups is 1. The van der Waals surface area contributed by atoms with E-state index in [1.165, 1.54) is 5.57 Å². The van der Waals surface area contributed by atoms with Crippen molar-refractivity contribution >= 4 is 17.5 Å². The average molecular weight is 498 g/mol. The number of allylic oxidation sites excluding steroid dienone is 2. The van der Waals surface area contributed by atoms with Gasteiger partial charge in [-0.15, -0.1) is 0 Å². The lowest BCUT2D eigenvalue weighted by molar-refractivity contribution is -0.125. The van der Waals surface area contributed by atoms with Crippen LogP contribution in [0.5, 0.6) is 5.75 Å². The molecule has 1 fully saturated rings. The molecule has 1 saturated heterocycles. The first-order chi connectivity index (χ1) is 17.4. The maximum Gasteiger partial charge on any atom is 0.324 e. The van der Waals surface area contributed by atoms with Gasteiger partial charge in [-0.25, -0.2) is 0 Å². The van der Waals surface area contributed by atoms with Crippen LogP contribution in [0.1, 0.15) is 64.4 Å². The zero-order valence-corrected chi connectivity index (χ0v) is 21.7. The Balaban J connectivity index is 1.20. The molecule has 0 aromatic carbocycles. The maximum atomic E-state index is 12.5. The van der Waals surface area contributed by atoms with Crippen LogP contribution in [0, 0.1) is 17.3 Å². The Kier molecular flexibility index (Phi) is 8.61. The second-order valence-corrected chi connectivity index (χ2v) is 10.7. The average Bonchev–Trinajstić information content (AvgIpc) is 3.41. The molecule has 1 amide bonds. The first-order valence-corrected chi connectivity index (χ1v) is 13.1. The minimum Gasteiger partial charge on any atom is -0.492 e. The van der Waals surface area contributed by atoms with E-state index in [1.54, 1.807) is 6.20 Å². The van der Waals surface area contributed by atoms with Crippen LogP contribution >= 0.6 is 0 Å². The van der Waals surface area contributed by atoms with E-state index < -0.39 is 0 Å². The Hall–Kier alpha value is -2.94. The minimum atomic E-state index is -0.301. The molecule has 2 aliphatic rings. The van der Waals surface area contributed by atoms with Gasteiger partial charge in [-0.1, -0.05) is 32.0 Å². The Morgan fingerprint density at radius 2 is 2.08 bits per heavy atom. The smallest absolute Gasteiger partial charge is 0.324 e. The number of piperidine rings is 1. The summed E-state index contributed by atoms with van der Waals surface area (Å²) in [5, 5.41) is 16.3. The van der Waals surface area contributed by atoms with Gasteiger partial charge in [-0.05, 0) is 55.7 Å². The highest BCUT2D eigenvalue weighted by Crippen LogP contribution is 2.30. The standard InChI is InChI=1S/C27H39N5O4/c1-4-24-30-26(36-31-24)32-13-11-19(12-14-32)16-35-22-9-10-23(28-15-22)20-5-7-21(8-6-20)25(34)29-17-27(2,3)18-33/h5,9-10,15,19,21,33H,4,6-8,11-14,16-18H2,1-3H3,(H,29,34). The first kappa shape index (κ1) is 26.1. The van der Waals surface area contributed by atoms with Crippen LogP contribution < -0.4 is 15.0 Å². The molecule has 1 atom stereocenters. The molecule has 3 heterocycles. The van der Waals surface area contributed by atoms with E-state index in [2.05, 4.69) is 31.4 Å². The Morgan fingerprint density at radius 1 is 1.28 bits per heavy atom. The van der Waals surface area contributed by atoms with Gasteiger partial charge in [0.05, 0.1) is 18.5 Å². The molecule has 2 N–H and O–H groups in total. The molecule has 0 spiro atoms. The van der Waals surface area contributed by atoms with E-state index in [4.69, 9.17) is 9.26 Å². The molecule has 4 rings (SSSR count). The highest BCUT2D eigenvalue weighted by Gasteiger charge is 2.25. The number of pyridine rings is 1. The Labute approximate surface area is 213 Å². The molecule has 2 aromatic heterocycles. The number of rotatable bonds is 10. The van der Waals surface area contributed by atoms with Gasteiger partial charge < -0.3 is 24.6 Å². The number of aromatic nitrogens is 3. The summed E-state index contributed by atoms with van der Waals surface area (Å²) >= 11 is 0. The van der Waals surface area contributed by atoms with Gasteiger partial charge in [0.1, 0.15) is 5.75 Å². The summed E-state index contributed by atoms with van der Waals surface area (Å²) in [6.07, 6.45) is 9.10. The number of carbonyl (C=O) groups excluding carboxylic acids is 1. The van der Waals surface area contributed by atoms with Crippen molar-refractivity contribution in [3.05, 3.63) is 35.9 Å². The van der Waals surface area contributed by atoms with Crippen LogP contribution in [0.4, 0.5) is 6.01 Å². The fraction of sp³-hybridized carbons (Fsp3) is 0.630. The SMILES string of the molecule is CCc1noc(N2CCC(COc3ccc(C4=CCC(C(=O)NCC(C)(C)CO)CC4)nc3)CC2)n1. The van der Waals surface area contributed by atoms with Crippen LogP contribution in [0.15, 0.2) is 28.9 Å². The van der Waals surface area contributed by atoms with Crippen LogP contribution in [0.3, 0.4) is 0 Å². The summed E-state index contributed by atoms with van der Waals surface area (Å²) < 4.78 is 11.4. The lowest BCUT2D eigenvalue weighted by atomic mass is 9.87. The number of ether oxygens (including phenoxy) is 1. The third-order valence-electron chi connectivity index (χ3n) is 7.16. The van der Waals surface area contributed by atoms with Gasteiger partial charge in [-0.2, -0.15) is 4.98 Å². The fourth-order valence-corrected chi connectivity index (χ4v) is 4.51. The molecule has 36 heavy (non-hydrogen) atoms. The van der Waals surface area contributed by atoms with Crippen molar-refractivity contribution < 1.29 is 19.2 Å². The van der Waals surface area contributed by atoms with Gasteiger partial charge in [0.25, 0.3) is 0 Å². The van der Waals surface area contributed by atoms with E-state index in [9.17, 15) is 9.90 Å². The second-order valence-electron chi connectivity index (χ2n) is 10.7. The van der Waals surface area contributed by atoms with Crippen molar-refractivity contribution in [2.24, 2.45) is 17.3 Å². The monoisotopic (exact) mass is 497 g/mol. The van der Waals surface area contributed by atoms with Crippen molar-refractivity contribution in [3.8, 4) is 5.75 Å². The molecule has 9 nitrogen and oxygen atoms in total. The predicted molar refractivity (Wildman–Crippen MR) is 138 cm³/mol. The van der Waals surface area contributed by atoms with Crippen molar-refractivity contribution in [2.45, 2.75) is 59.3 Å². The van der Waals surface area contributed by atoms with Gasteiger partial charge >= 0.3 is 6.01 Å². The van der Waals surface area contributed by atoms with Crippen LogP contribution in [-0.4, -0.2) is 59.0 Å². The number of nitrogens with zero attached hydrogens (tertiary/aromatic N) is 4. The quantitative estimate of drug-likeness (QED) is 0.511. The highest BCUT2D eigenvalue weighted by atomic mass is 16.5. The number of aliphatic hydroxyl groups is 1. The molecule has 9 heteroatoms. The molecule has 1 aliphatic heterocycles. The third-order valence-corrected chi connectivity index (χ3v) is 7.16. The van der Waals surface area contributed by atoms with Crippen molar-refractivity contribution in [1.29, 1.82) is 0 Å². The van der Waals surface area contributed by atoms with Crippen molar-refractivity contribution in [3.63, 3.8) is 0 Å². The van der Waals surface area contributed by atoms with E-state index in [0.29, 0.717) is 31.5 Å². The summed E-state index contributed by atoms with van der Waals surface area (Å²) in [5.41, 5.74) is 1.83. The maximum absolute atomic E-state index is 12.5. The van der Waals surface area contributed by atoms with Gasteiger partial charge in [0, 0.05) is 44.0 Å². The summed E-state index contributed by atoms with van der Waals surface area (Å²) in [4.78, 5) is 23.7. The van der Waals surface area contributed by atoms with Crippen molar-refractivity contribution in [1.82, 2.24) is 20.4 Å². The van der Waals surface area contributed by atoms with Crippen molar-refractivity contribution in [2.75, 3.05) is 37.7 Å². The number of hydrogen-bond donors (Lipinski definition) is 2. The molecule has 0 radical (unpaired) electrons. The molecule has 1 unspecified atom stereocenters. The van der Waals surface area contributed by atoms with E-state index in [-0.39, 0.29) is 23.8 Å². The topological polar surface area (TPSA) is 114 Å². The number of aryl methyl sites for hydroxylation is 1. The van der Waals surface area contributed by atoms with Crippen LogP contribution in [-0.2, 0) is 11.2 Å². The van der Waals surface area contributed by atoms with Gasteiger partial charge in [0.15, 0.2) is 5.82 Å². The number of aliphatic hydroxyl groups excluding tert-OH is 1. The number of anilines is 1. The minimum absolute atomic E-state index is 0.0224. The van der Waals surface area contributed by atoms with E-state index in [1.807, 2.05) is 32.9 Å². The van der Waals surface area contributed by atoms with E-state index >= 15 is 0 Å². The summed E-state index contributed by atoms with van der Waals surface area (Å²) in [5.74, 6) is 2.06. The number of amides is 1. The molecular weight excluding hydrogens is 458 g/mol. The molecule has 196 valence electrons. The van der Waals surface area contributed by atoms with Gasteiger partial charge in [-0.3, -0.25) is 9.78 Å². The van der Waals surface area contributed by atoms with Gasteiger partial charge in [0.2, 0.25) is 5.91 Å². The summed E-state index contributed by atoms with van der Waals surface area (Å²) in [6.45, 7) is 8.88. The normalized spacial score (nSPS) is 19.2. The largest absolute Gasteiger partial charge is 0.492 e. The fourth-order valence-electron chi connectivity index (χ4n) is 4.51. The molecular formula is C27H39N5O4. The second kappa shape index (κ2) is 11.9. The summed E-state index contributed by atoms with van der Waals surface area (Å²) in [6, 6.07) is 4.62. The molecule has 1 aliphatic carbocycles. The Morgan fingerprint density at radius 3 is 2.69 bits per heavy atom. The zero-order valence-electron chi connectivity index (χ0n) is 21.7. The number of nitrogens with one attached hydrogen (secondary N) is 1. The highest BCUT2D eigenvalue weighted by molar-refractivity contribution is 5.80. The molecule has 0 bridgehead atoms. The predicted octanol–water partition coefficient (Wildman–Crippen LogP) is 3.64. The third kappa shape index (κ3) is 6.84. The zero-order chi connectivity index (χ0) is 25.5. The molecule has 0 saturated carbocycles. The summed E-state index contributed by atoms with van der Waals surface area (Å²) in [7, 11) is 0. The van der Waals surface area contributed by atoms with Crippen LogP contribution in [0.25, 0.3) is 5.57 Å². The van der Waals surface area contributed by atoms with E-state index in [0.717, 1.165) is 62.5 Å². The lowest BCUT2D eigenvalue weighted by Crippen LogP contribution is -2.39. The molecule has 2 aromatic rings. The lowest BCUT2D eigenvalue weighted by Gasteiger charge is -2.30. The van der Waals surface area contributed by atoms with Crippen LogP contribution in [0.2, 0.25) is 0 Å².